The first-order chi connectivity index (χ1) is 12.4. The summed E-state index contributed by atoms with van der Waals surface area (Å²) in [5, 5.41) is 6.69. The maximum Gasteiger partial charge on any atom is 0.258 e. The van der Waals surface area contributed by atoms with Crippen LogP contribution in [-0.4, -0.2) is 15.9 Å². The van der Waals surface area contributed by atoms with Crippen LogP contribution in [0.3, 0.4) is 0 Å². The molecule has 0 radical (unpaired) electrons. The molecule has 132 valence electrons. The third kappa shape index (κ3) is 4.18. The standard InChI is InChI=1S/C20H19ClN4O/c1-12-4-5-13(2)18(8-12)24-19(26)15-10-22-20(23-11-15)25-17-7-6-16(21)9-14(17)3/h4-11H,1-3H3,(H,24,26)(H,22,23,25). The van der Waals surface area contributed by atoms with Gasteiger partial charge in [-0.1, -0.05) is 23.7 Å². The van der Waals surface area contributed by atoms with Gasteiger partial charge in [0, 0.05) is 28.8 Å². The third-order valence-corrected chi connectivity index (χ3v) is 4.23. The average Bonchev–Trinajstić information content (AvgIpc) is 2.61. The first-order valence-corrected chi connectivity index (χ1v) is 8.54. The third-order valence-electron chi connectivity index (χ3n) is 3.99. The highest BCUT2D eigenvalue weighted by Crippen LogP contribution is 2.22. The number of halogens is 1. The Labute approximate surface area is 157 Å². The summed E-state index contributed by atoms with van der Waals surface area (Å²) in [5.74, 6) is 0.173. The molecule has 0 aliphatic heterocycles. The lowest BCUT2D eigenvalue weighted by molar-refractivity contribution is 0.102. The van der Waals surface area contributed by atoms with Crippen LogP contribution in [0.2, 0.25) is 5.02 Å². The van der Waals surface area contributed by atoms with Crippen molar-refractivity contribution < 1.29 is 4.79 Å². The molecule has 1 aromatic heterocycles. The highest BCUT2D eigenvalue weighted by Gasteiger charge is 2.10. The van der Waals surface area contributed by atoms with Crippen LogP contribution >= 0.6 is 11.6 Å². The molecule has 1 heterocycles. The zero-order valence-electron chi connectivity index (χ0n) is 14.8. The topological polar surface area (TPSA) is 66.9 Å². The molecule has 0 saturated heterocycles. The fourth-order valence-electron chi connectivity index (χ4n) is 2.46. The van der Waals surface area contributed by atoms with Gasteiger partial charge in [-0.3, -0.25) is 4.79 Å². The largest absolute Gasteiger partial charge is 0.324 e. The van der Waals surface area contributed by atoms with E-state index < -0.39 is 0 Å². The van der Waals surface area contributed by atoms with Crippen LogP contribution in [0, 0.1) is 20.8 Å². The Kier molecular flexibility index (Phi) is 5.19. The molecule has 3 rings (SSSR count). The maximum atomic E-state index is 12.4. The van der Waals surface area contributed by atoms with Crippen molar-refractivity contribution in [3.8, 4) is 0 Å². The van der Waals surface area contributed by atoms with E-state index in [1.165, 1.54) is 12.4 Å². The van der Waals surface area contributed by atoms with Crippen molar-refractivity contribution in [3.63, 3.8) is 0 Å². The van der Waals surface area contributed by atoms with Gasteiger partial charge < -0.3 is 10.6 Å². The molecule has 26 heavy (non-hydrogen) atoms. The summed E-state index contributed by atoms with van der Waals surface area (Å²) in [6, 6.07) is 11.4. The maximum absolute atomic E-state index is 12.4. The van der Waals surface area contributed by atoms with Crippen molar-refractivity contribution >= 4 is 34.8 Å². The van der Waals surface area contributed by atoms with Crippen molar-refractivity contribution in [1.82, 2.24) is 9.97 Å². The monoisotopic (exact) mass is 366 g/mol. The van der Waals surface area contributed by atoms with Crippen LogP contribution < -0.4 is 10.6 Å². The Bertz CT molecular complexity index is 955. The predicted molar refractivity (Wildman–Crippen MR) is 105 cm³/mol. The minimum atomic E-state index is -0.243. The number of hydrogen-bond donors (Lipinski definition) is 2. The summed E-state index contributed by atoms with van der Waals surface area (Å²) in [6.07, 6.45) is 3.00. The zero-order chi connectivity index (χ0) is 18.7. The van der Waals surface area contributed by atoms with Crippen molar-refractivity contribution in [3.05, 3.63) is 76.1 Å². The minimum Gasteiger partial charge on any atom is -0.324 e. The lowest BCUT2D eigenvalue weighted by atomic mass is 10.1. The van der Waals surface area contributed by atoms with E-state index >= 15 is 0 Å². The number of benzene rings is 2. The number of carbonyl (C=O) groups is 1. The molecule has 6 heteroatoms. The molecule has 1 amide bonds. The van der Waals surface area contributed by atoms with E-state index in [0.717, 1.165) is 28.1 Å². The molecule has 0 bridgehead atoms. The summed E-state index contributed by atoms with van der Waals surface area (Å²) < 4.78 is 0. The SMILES string of the molecule is Cc1ccc(C)c(NC(=O)c2cnc(Nc3ccc(Cl)cc3C)nc2)c1. The Morgan fingerprint density at radius 2 is 1.65 bits per heavy atom. The van der Waals surface area contributed by atoms with Gasteiger partial charge in [0.25, 0.3) is 5.91 Å². The molecular weight excluding hydrogens is 348 g/mol. The highest BCUT2D eigenvalue weighted by molar-refractivity contribution is 6.30. The number of aryl methyl sites for hydroxylation is 3. The van der Waals surface area contributed by atoms with Crippen molar-refractivity contribution in [2.45, 2.75) is 20.8 Å². The quantitative estimate of drug-likeness (QED) is 0.678. The van der Waals surface area contributed by atoms with Crippen LogP contribution in [0.1, 0.15) is 27.0 Å². The molecule has 0 atom stereocenters. The molecule has 5 nitrogen and oxygen atoms in total. The van der Waals surface area contributed by atoms with E-state index in [4.69, 9.17) is 11.6 Å². The van der Waals surface area contributed by atoms with Crippen LogP contribution in [0.5, 0.6) is 0 Å². The van der Waals surface area contributed by atoms with E-state index in [1.54, 1.807) is 6.07 Å². The van der Waals surface area contributed by atoms with Crippen LogP contribution in [0.15, 0.2) is 48.8 Å². The van der Waals surface area contributed by atoms with Crippen LogP contribution in [-0.2, 0) is 0 Å². The molecule has 0 aliphatic carbocycles. The van der Waals surface area contributed by atoms with E-state index in [9.17, 15) is 4.79 Å². The lowest BCUT2D eigenvalue weighted by Gasteiger charge is -2.10. The summed E-state index contributed by atoms with van der Waals surface area (Å²) >= 11 is 5.96. The lowest BCUT2D eigenvalue weighted by Crippen LogP contribution is -2.14. The molecule has 0 aliphatic rings. The van der Waals surface area contributed by atoms with Crippen LogP contribution in [0.4, 0.5) is 17.3 Å². The number of hydrogen-bond acceptors (Lipinski definition) is 4. The summed E-state index contributed by atoms with van der Waals surface area (Å²) in [4.78, 5) is 20.9. The number of amides is 1. The second-order valence-corrected chi connectivity index (χ2v) is 6.59. The van der Waals surface area contributed by atoms with E-state index in [0.29, 0.717) is 16.5 Å². The molecule has 0 spiro atoms. The molecule has 3 aromatic rings. The molecular formula is C20H19ClN4O. The van der Waals surface area contributed by atoms with Crippen molar-refractivity contribution in [2.24, 2.45) is 0 Å². The number of nitrogens with one attached hydrogen (secondary N) is 2. The van der Waals surface area contributed by atoms with Gasteiger partial charge in [-0.25, -0.2) is 9.97 Å². The fraction of sp³-hybridized carbons (Fsp3) is 0.150. The van der Waals surface area contributed by atoms with E-state index in [2.05, 4.69) is 20.6 Å². The van der Waals surface area contributed by atoms with Gasteiger partial charge in [-0.05, 0) is 61.7 Å². The van der Waals surface area contributed by atoms with Gasteiger partial charge in [0.2, 0.25) is 5.95 Å². The average molecular weight is 367 g/mol. The number of aromatic nitrogens is 2. The van der Waals surface area contributed by atoms with Crippen molar-refractivity contribution in [1.29, 1.82) is 0 Å². The number of anilines is 3. The summed E-state index contributed by atoms with van der Waals surface area (Å²) in [6.45, 7) is 5.88. The summed E-state index contributed by atoms with van der Waals surface area (Å²) in [7, 11) is 0. The Morgan fingerprint density at radius 1 is 0.923 bits per heavy atom. The van der Waals surface area contributed by atoms with Crippen LogP contribution in [0.25, 0.3) is 0 Å². The Hall–Kier alpha value is -2.92. The smallest absolute Gasteiger partial charge is 0.258 e. The minimum absolute atomic E-state index is 0.243. The first-order valence-electron chi connectivity index (χ1n) is 8.16. The van der Waals surface area contributed by atoms with Crippen molar-refractivity contribution in [2.75, 3.05) is 10.6 Å². The van der Waals surface area contributed by atoms with E-state index in [-0.39, 0.29) is 5.91 Å². The normalized spacial score (nSPS) is 10.5. The highest BCUT2D eigenvalue weighted by atomic mass is 35.5. The number of carbonyl (C=O) groups excluding carboxylic acids is 1. The molecule has 2 N–H and O–H groups in total. The van der Waals surface area contributed by atoms with Gasteiger partial charge in [0.05, 0.1) is 5.56 Å². The van der Waals surface area contributed by atoms with Gasteiger partial charge >= 0.3 is 0 Å². The first kappa shape index (κ1) is 17.9. The van der Waals surface area contributed by atoms with Gasteiger partial charge in [-0.15, -0.1) is 0 Å². The molecule has 0 fully saturated rings. The molecule has 0 saturated carbocycles. The molecule has 2 aromatic carbocycles. The van der Waals surface area contributed by atoms with E-state index in [1.807, 2.05) is 51.1 Å². The fourth-order valence-corrected chi connectivity index (χ4v) is 2.69. The van der Waals surface area contributed by atoms with Gasteiger partial charge in [0.1, 0.15) is 0 Å². The number of nitrogens with zero attached hydrogens (tertiary/aromatic N) is 2. The second-order valence-electron chi connectivity index (χ2n) is 6.15. The molecule has 0 unspecified atom stereocenters. The predicted octanol–water partition coefficient (Wildman–Crippen LogP) is 5.05. The zero-order valence-corrected chi connectivity index (χ0v) is 15.6. The Morgan fingerprint density at radius 3 is 2.35 bits per heavy atom. The summed E-state index contributed by atoms with van der Waals surface area (Å²) in [5.41, 5.74) is 5.11. The van der Waals surface area contributed by atoms with Gasteiger partial charge in [0.15, 0.2) is 0 Å². The second kappa shape index (κ2) is 7.54. The Balaban J connectivity index is 1.72. The number of rotatable bonds is 4. The van der Waals surface area contributed by atoms with Gasteiger partial charge in [-0.2, -0.15) is 0 Å².